The van der Waals surface area contributed by atoms with Crippen molar-refractivity contribution in [2.24, 2.45) is 7.05 Å². The number of carbonyl (C=O) groups excluding carboxylic acids is 2. The molecule has 168 valence electrons. The van der Waals surface area contributed by atoms with E-state index in [-0.39, 0.29) is 17.1 Å². The number of fused-ring (bicyclic) bond motifs is 1. The number of rotatable bonds is 7. The summed E-state index contributed by atoms with van der Waals surface area (Å²) in [6.07, 6.45) is 0. The van der Waals surface area contributed by atoms with Gasteiger partial charge in [-0.2, -0.15) is 0 Å². The van der Waals surface area contributed by atoms with Crippen molar-refractivity contribution in [1.82, 2.24) is 9.29 Å². The molecule has 2 heterocycles. The zero-order valence-electron chi connectivity index (χ0n) is 17.8. The molecular weight excluding hydrogens is 426 g/mol. The van der Waals surface area contributed by atoms with Crippen molar-refractivity contribution in [3.8, 4) is 11.5 Å². The van der Waals surface area contributed by atoms with Crippen molar-refractivity contribution in [2.45, 2.75) is 25.7 Å². The Balaban J connectivity index is 1.75. The third kappa shape index (κ3) is 4.67. The number of amides is 1. The van der Waals surface area contributed by atoms with E-state index >= 15 is 0 Å². The quantitative estimate of drug-likeness (QED) is 0.611. The van der Waals surface area contributed by atoms with Crippen molar-refractivity contribution in [1.29, 1.82) is 0 Å². The molecule has 1 aromatic carbocycles. The Bertz CT molecular complexity index is 1120. The Morgan fingerprint density at radius 3 is 2.48 bits per heavy atom. The van der Waals surface area contributed by atoms with Crippen molar-refractivity contribution >= 4 is 27.6 Å². The highest BCUT2D eigenvalue weighted by Crippen LogP contribution is 2.32. The van der Waals surface area contributed by atoms with Gasteiger partial charge in [-0.1, -0.05) is 0 Å². The minimum absolute atomic E-state index is 0.0402. The molecule has 3 rings (SSSR count). The molecule has 1 amide bonds. The molecule has 0 fully saturated rings. The molecule has 0 saturated heterocycles. The number of esters is 1. The Morgan fingerprint density at radius 1 is 1.13 bits per heavy atom. The first kappa shape index (κ1) is 22.6. The Labute approximate surface area is 180 Å². The first-order valence-electron chi connectivity index (χ1n) is 9.67. The third-order valence-corrected chi connectivity index (χ3v) is 6.48. The van der Waals surface area contributed by atoms with E-state index in [1.54, 1.807) is 50.6 Å². The highest BCUT2D eigenvalue weighted by atomic mass is 32.2. The summed E-state index contributed by atoms with van der Waals surface area (Å²) in [5, 5.41) is 2.61. The molecular formula is C20H25N3O7S. The molecule has 11 heteroatoms. The van der Waals surface area contributed by atoms with E-state index in [4.69, 9.17) is 14.2 Å². The van der Waals surface area contributed by atoms with E-state index in [2.05, 4.69) is 10.0 Å². The van der Waals surface area contributed by atoms with E-state index < -0.39 is 28.4 Å². The first-order chi connectivity index (χ1) is 14.7. The van der Waals surface area contributed by atoms with Crippen molar-refractivity contribution < 1.29 is 32.2 Å². The van der Waals surface area contributed by atoms with Crippen molar-refractivity contribution in [3.05, 3.63) is 35.2 Å². The second-order valence-corrected chi connectivity index (χ2v) is 8.59. The molecule has 31 heavy (non-hydrogen) atoms. The van der Waals surface area contributed by atoms with Crippen molar-refractivity contribution in [2.75, 3.05) is 31.7 Å². The van der Waals surface area contributed by atoms with Crippen LogP contribution in [0, 0.1) is 13.8 Å². The van der Waals surface area contributed by atoms with Crippen LogP contribution in [0.15, 0.2) is 23.1 Å². The lowest BCUT2D eigenvalue weighted by molar-refractivity contribution is -0.115. The van der Waals surface area contributed by atoms with Gasteiger partial charge in [0.2, 0.25) is 15.9 Å². The lowest BCUT2D eigenvalue weighted by Gasteiger charge is -2.19. The van der Waals surface area contributed by atoms with E-state index in [0.29, 0.717) is 41.8 Å². The van der Waals surface area contributed by atoms with Gasteiger partial charge in [-0.25, -0.2) is 17.9 Å². The van der Waals surface area contributed by atoms with Crippen LogP contribution in [-0.2, 0) is 26.6 Å². The number of hydrogen-bond donors (Lipinski definition) is 2. The summed E-state index contributed by atoms with van der Waals surface area (Å²) in [5.74, 6) is -0.237. The third-order valence-electron chi connectivity index (χ3n) is 4.92. The first-order valence-corrected chi connectivity index (χ1v) is 11.2. The SMILES string of the molecule is CCOC(=O)c1c(S(=O)(=O)NCC(=O)Nc2ccc3c(c2)OCCO3)c(C)n(C)c1C. The van der Waals surface area contributed by atoms with E-state index in [1.807, 2.05) is 0 Å². The second kappa shape index (κ2) is 8.98. The summed E-state index contributed by atoms with van der Waals surface area (Å²) >= 11 is 0. The van der Waals surface area contributed by atoms with Crippen LogP contribution in [0.5, 0.6) is 11.5 Å². The fraction of sp³-hybridized carbons (Fsp3) is 0.400. The summed E-state index contributed by atoms with van der Waals surface area (Å²) in [5.41, 5.74) is 1.21. The van der Waals surface area contributed by atoms with Gasteiger partial charge in [-0.05, 0) is 32.9 Å². The summed E-state index contributed by atoms with van der Waals surface area (Å²) in [4.78, 5) is 24.5. The topological polar surface area (TPSA) is 125 Å². The highest BCUT2D eigenvalue weighted by molar-refractivity contribution is 7.89. The van der Waals surface area contributed by atoms with E-state index in [0.717, 1.165) is 0 Å². The highest BCUT2D eigenvalue weighted by Gasteiger charge is 2.31. The minimum atomic E-state index is -4.17. The Kier molecular flexibility index (Phi) is 6.56. The smallest absolute Gasteiger partial charge is 0.341 e. The largest absolute Gasteiger partial charge is 0.486 e. The maximum atomic E-state index is 12.9. The number of aromatic nitrogens is 1. The van der Waals surface area contributed by atoms with Crippen LogP contribution >= 0.6 is 0 Å². The summed E-state index contributed by atoms with van der Waals surface area (Å²) in [6.45, 7) is 5.29. The summed E-state index contributed by atoms with van der Waals surface area (Å²) in [7, 11) is -2.51. The molecule has 0 bridgehead atoms. The predicted molar refractivity (Wildman–Crippen MR) is 112 cm³/mol. The van der Waals surface area contributed by atoms with Crippen LogP contribution in [0.2, 0.25) is 0 Å². The zero-order chi connectivity index (χ0) is 22.8. The fourth-order valence-electron chi connectivity index (χ4n) is 3.25. The average molecular weight is 452 g/mol. The number of carbonyl (C=O) groups is 2. The lowest BCUT2D eigenvalue weighted by atomic mass is 10.2. The lowest BCUT2D eigenvalue weighted by Crippen LogP contribution is -2.34. The molecule has 0 saturated carbocycles. The molecule has 1 aliphatic heterocycles. The van der Waals surface area contributed by atoms with E-state index in [1.165, 1.54) is 0 Å². The second-order valence-electron chi connectivity index (χ2n) is 6.89. The van der Waals surface area contributed by atoms with Gasteiger partial charge in [-0.3, -0.25) is 4.79 Å². The van der Waals surface area contributed by atoms with Gasteiger partial charge >= 0.3 is 5.97 Å². The number of nitrogens with one attached hydrogen (secondary N) is 2. The van der Waals surface area contributed by atoms with Gasteiger partial charge in [-0.15, -0.1) is 0 Å². The molecule has 0 radical (unpaired) electrons. The van der Waals surface area contributed by atoms with Gasteiger partial charge in [0.05, 0.1) is 13.2 Å². The molecule has 10 nitrogen and oxygen atoms in total. The number of nitrogens with zero attached hydrogens (tertiary/aromatic N) is 1. The van der Waals surface area contributed by atoms with Crippen LogP contribution in [-0.4, -0.2) is 51.2 Å². The molecule has 0 unspecified atom stereocenters. The van der Waals surface area contributed by atoms with Gasteiger partial charge in [0.1, 0.15) is 23.7 Å². The Morgan fingerprint density at radius 2 is 1.81 bits per heavy atom. The molecule has 0 atom stereocenters. The van der Waals surface area contributed by atoms with Crippen LogP contribution < -0.4 is 19.5 Å². The molecule has 1 aliphatic rings. The molecule has 2 N–H and O–H groups in total. The number of anilines is 1. The van der Waals surface area contributed by atoms with Crippen molar-refractivity contribution in [3.63, 3.8) is 0 Å². The molecule has 1 aromatic heterocycles. The number of sulfonamides is 1. The maximum Gasteiger partial charge on any atom is 0.341 e. The zero-order valence-corrected chi connectivity index (χ0v) is 18.6. The van der Waals surface area contributed by atoms with Gasteiger partial charge < -0.3 is 24.1 Å². The van der Waals surface area contributed by atoms with Crippen LogP contribution in [0.3, 0.4) is 0 Å². The van der Waals surface area contributed by atoms with Crippen LogP contribution in [0.1, 0.15) is 28.7 Å². The predicted octanol–water partition coefficient (Wildman–Crippen LogP) is 1.51. The summed E-state index contributed by atoms with van der Waals surface area (Å²) in [6, 6.07) is 4.89. The number of ether oxygens (including phenoxy) is 3. The van der Waals surface area contributed by atoms with Gasteiger partial charge in [0.15, 0.2) is 11.5 Å². The fourth-order valence-corrected chi connectivity index (χ4v) is 4.74. The summed E-state index contributed by atoms with van der Waals surface area (Å²) < 4.78 is 45.7. The molecule has 2 aromatic rings. The average Bonchev–Trinajstić information content (AvgIpc) is 2.97. The number of hydrogen-bond acceptors (Lipinski definition) is 7. The Hall–Kier alpha value is -3.05. The standard InChI is InChI=1S/C20H25N3O7S/c1-5-28-20(25)18-12(2)23(4)13(3)19(18)31(26,27)21-11-17(24)22-14-6-7-15-16(10-14)30-9-8-29-15/h6-7,10,21H,5,8-9,11H2,1-4H3,(H,22,24). The maximum absolute atomic E-state index is 12.9. The number of benzene rings is 1. The van der Waals surface area contributed by atoms with Gasteiger partial charge in [0, 0.05) is 30.2 Å². The van der Waals surface area contributed by atoms with Crippen LogP contribution in [0.25, 0.3) is 0 Å². The molecule has 0 spiro atoms. The van der Waals surface area contributed by atoms with Crippen LogP contribution in [0.4, 0.5) is 5.69 Å². The minimum Gasteiger partial charge on any atom is -0.486 e. The normalized spacial score (nSPS) is 13.0. The van der Waals surface area contributed by atoms with E-state index in [9.17, 15) is 18.0 Å². The van der Waals surface area contributed by atoms with Gasteiger partial charge in [0.25, 0.3) is 0 Å². The monoisotopic (exact) mass is 451 g/mol. The molecule has 0 aliphatic carbocycles.